The van der Waals surface area contributed by atoms with Crippen LogP contribution in [0.3, 0.4) is 0 Å². The second-order valence-corrected chi connectivity index (χ2v) is 9.30. The van der Waals surface area contributed by atoms with Crippen LogP contribution in [0.25, 0.3) is 0 Å². The number of nitrogens with one attached hydrogen (secondary N) is 1. The fourth-order valence-electron chi connectivity index (χ4n) is 5.18. The lowest BCUT2D eigenvalue weighted by molar-refractivity contribution is -0.384. The summed E-state index contributed by atoms with van der Waals surface area (Å²) in [6.45, 7) is 5.01. The molecule has 1 amide bonds. The number of carbonyl (C=O) groups is 1. The first-order valence-electron chi connectivity index (χ1n) is 12.0. The molecule has 2 aliphatic rings. The summed E-state index contributed by atoms with van der Waals surface area (Å²) in [5.41, 5.74) is 0.966. The zero-order valence-electron chi connectivity index (χ0n) is 19.3. The van der Waals surface area contributed by atoms with E-state index >= 15 is 0 Å². The highest BCUT2D eigenvalue weighted by molar-refractivity contribution is 5.99. The third-order valence-electron chi connectivity index (χ3n) is 7.22. The standard InChI is InChI=1S/C26H33N3O4/c1-20-6-2-5-17-28(20)18-19-33-24-13-9-22(10-14-24)27-25(30)26(15-3-4-16-26)21-7-11-23(12-8-21)29(31)32/h7-14,20H,2-6,15-19H2,1H3,(H,27,30). The van der Waals surface area contributed by atoms with Gasteiger partial charge in [-0.05, 0) is 69.0 Å². The number of nitrogens with zero attached hydrogens (tertiary/aromatic N) is 2. The summed E-state index contributed by atoms with van der Waals surface area (Å²) < 4.78 is 5.93. The molecule has 4 rings (SSSR count). The maximum absolute atomic E-state index is 13.3. The molecule has 1 N–H and O–H groups in total. The number of hydrogen-bond donors (Lipinski definition) is 1. The summed E-state index contributed by atoms with van der Waals surface area (Å²) in [4.78, 5) is 26.4. The fourth-order valence-corrected chi connectivity index (χ4v) is 5.18. The van der Waals surface area contributed by atoms with Crippen LogP contribution in [-0.2, 0) is 10.2 Å². The van der Waals surface area contributed by atoms with Gasteiger partial charge in [-0.2, -0.15) is 0 Å². The van der Waals surface area contributed by atoms with Crippen LogP contribution in [0.15, 0.2) is 48.5 Å². The Morgan fingerprint density at radius 3 is 2.42 bits per heavy atom. The maximum atomic E-state index is 13.3. The Labute approximate surface area is 195 Å². The van der Waals surface area contributed by atoms with Gasteiger partial charge in [-0.25, -0.2) is 0 Å². The fraction of sp³-hybridized carbons (Fsp3) is 0.500. The van der Waals surface area contributed by atoms with Gasteiger partial charge < -0.3 is 10.1 Å². The van der Waals surface area contributed by atoms with E-state index in [9.17, 15) is 14.9 Å². The highest BCUT2D eigenvalue weighted by Crippen LogP contribution is 2.42. The Bertz CT molecular complexity index is 953. The van der Waals surface area contributed by atoms with Crippen molar-refractivity contribution in [3.8, 4) is 5.75 Å². The van der Waals surface area contributed by atoms with Crippen molar-refractivity contribution in [3.63, 3.8) is 0 Å². The van der Waals surface area contributed by atoms with Crippen molar-refractivity contribution >= 4 is 17.3 Å². The van der Waals surface area contributed by atoms with E-state index in [4.69, 9.17) is 4.74 Å². The second-order valence-electron chi connectivity index (χ2n) is 9.30. The second kappa shape index (κ2) is 10.3. The molecule has 7 nitrogen and oxygen atoms in total. The van der Waals surface area contributed by atoms with Gasteiger partial charge in [-0.3, -0.25) is 19.8 Å². The van der Waals surface area contributed by atoms with Crippen LogP contribution in [-0.4, -0.2) is 41.5 Å². The average Bonchev–Trinajstić information content (AvgIpc) is 3.33. The first-order chi connectivity index (χ1) is 16.0. The van der Waals surface area contributed by atoms with Crippen molar-refractivity contribution in [3.05, 3.63) is 64.2 Å². The topological polar surface area (TPSA) is 84.7 Å². The molecule has 1 saturated heterocycles. The maximum Gasteiger partial charge on any atom is 0.269 e. The number of non-ortho nitro benzene ring substituents is 1. The SMILES string of the molecule is CC1CCCCN1CCOc1ccc(NC(=O)C2(c3ccc([N+](=O)[O-])cc3)CCCC2)cc1. The lowest BCUT2D eigenvalue weighted by atomic mass is 9.78. The number of nitro groups is 1. The molecule has 1 aliphatic heterocycles. The van der Waals surface area contributed by atoms with Crippen LogP contribution >= 0.6 is 0 Å². The summed E-state index contributed by atoms with van der Waals surface area (Å²) >= 11 is 0. The predicted octanol–water partition coefficient (Wildman–Crippen LogP) is 5.30. The third-order valence-corrected chi connectivity index (χ3v) is 7.22. The Balaban J connectivity index is 1.36. The van der Waals surface area contributed by atoms with E-state index < -0.39 is 10.3 Å². The van der Waals surface area contributed by atoms with Gasteiger partial charge >= 0.3 is 0 Å². The monoisotopic (exact) mass is 451 g/mol. The van der Waals surface area contributed by atoms with Crippen molar-refractivity contribution in [2.45, 2.75) is 63.3 Å². The van der Waals surface area contributed by atoms with E-state index in [0.717, 1.165) is 55.8 Å². The van der Waals surface area contributed by atoms with E-state index in [0.29, 0.717) is 12.6 Å². The molecular weight excluding hydrogens is 418 g/mol. The highest BCUT2D eigenvalue weighted by Gasteiger charge is 2.42. The van der Waals surface area contributed by atoms with Gasteiger partial charge in [0.15, 0.2) is 0 Å². The lowest BCUT2D eigenvalue weighted by Crippen LogP contribution is -2.39. The highest BCUT2D eigenvalue weighted by atomic mass is 16.6. The Morgan fingerprint density at radius 1 is 1.09 bits per heavy atom. The summed E-state index contributed by atoms with van der Waals surface area (Å²) in [5, 5.41) is 14.1. The average molecular weight is 452 g/mol. The van der Waals surface area contributed by atoms with Crippen LogP contribution in [0.2, 0.25) is 0 Å². The number of anilines is 1. The van der Waals surface area contributed by atoms with Crippen molar-refractivity contribution in [1.82, 2.24) is 4.90 Å². The molecular formula is C26H33N3O4. The molecule has 176 valence electrons. The molecule has 1 saturated carbocycles. The minimum absolute atomic E-state index is 0.0395. The number of likely N-dealkylation sites (tertiary alicyclic amines) is 1. The van der Waals surface area contributed by atoms with E-state index in [1.54, 1.807) is 12.1 Å². The summed E-state index contributed by atoms with van der Waals surface area (Å²) in [5.74, 6) is 0.741. The molecule has 2 aromatic rings. The van der Waals surface area contributed by atoms with Crippen LogP contribution in [0.5, 0.6) is 5.75 Å². The van der Waals surface area contributed by atoms with Crippen LogP contribution in [0.1, 0.15) is 57.4 Å². The number of rotatable bonds is 8. The number of hydrogen-bond acceptors (Lipinski definition) is 5. The molecule has 0 aromatic heterocycles. The van der Waals surface area contributed by atoms with Gasteiger partial charge in [-0.15, -0.1) is 0 Å². The van der Waals surface area contributed by atoms with Crippen LogP contribution < -0.4 is 10.1 Å². The summed E-state index contributed by atoms with van der Waals surface area (Å²) in [7, 11) is 0. The normalized spacial score (nSPS) is 20.3. The number of piperidine rings is 1. The summed E-state index contributed by atoms with van der Waals surface area (Å²) in [6.07, 6.45) is 7.26. The number of benzene rings is 2. The van der Waals surface area contributed by atoms with Crippen LogP contribution in [0.4, 0.5) is 11.4 Å². The lowest BCUT2D eigenvalue weighted by Gasteiger charge is -2.33. The Hall–Kier alpha value is -2.93. The number of amides is 1. The first-order valence-corrected chi connectivity index (χ1v) is 12.0. The quantitative estimate of drug-likeness (QED) is 0.435. The number of ether oxygens (including phenoxy) is 1. The smallest absolute Gasteiger partial charge is 0.269 e. The van der Waals surface area contributed by atoms with E-state index in [-0.39, 0.29) is 11.6 Å². The molecule has 1 aliphatic carbocycles. The van der Waals surface area contributed by atoms with E-state index in [1.807, 2.05) is 24.3 Å². The van der Waals surface area contributed by atoms with Crippen molar-refractivity contribution in [2.24, 2.45) is 0 Å². The summed E-state index contributed by atoms with van der Waals surface area (Å²) in [6, 6.07) is 14.6. The molecule has 7 heteroatoms. The van der Waals surface area contributed by atoms with E-state index in [2.05, 4.69) is 17.1 Å². The van der Waals surface area contributed by atoms with Crippen LogP contribution in [0, 0.1) is 10.1 Å². The third kappa shape index (κ3) is 5.36. The minimum Gasteiger partial charge on any atom is -0.492 e. The van der Waals surface area contributed by atoms with E-state index in [1.165, 1.54) is 31.4 Å². The largest absolute Gasteiger partial charge is 0.492 e. The molecule has 2 fully saturated rings. The Morgan fingerprint density at radius 2 is 1.79 bits per heavy atom. The first kappa shape index (κ1) is 23.2. The molecule has 0 bridgehead atoms. The molecule has 0 spiro atoms. The predicted molar refractivity (Wildman–Crippen MR) is 129 cm³/mol. The number of carbonyl (C=O) groups excluding carboxylic acids is 1. The molecule has 2 aromatic carbocycles. The van der Waals surface area contributed by atoms with Gasteiger partial charge in [0.1, 0.15) is 12.4 Å². The van der Waals surface area contributed by atoms with Gasteiger partial charge in [0.2, 0.25) is 5.91 Å². The number of nitro benzene ring substituents is 1. The molecule has 1 atom stereocenters. The molecule has 0 radical (unpaired) electrons. The molecule has 1 unspecified atom stereocenters. The molecule has 1 heterocycles. The van der Waals surface area contributed by atoms with Gasteiger partial charge in [0.05, 0.1) is 10.3 Å². The van der Waals surface area contributed by atoms with Gasteiger partial charge in [-0.1, -0.05) is 31.4 Å². The molecule has 33 heavy (non-hydrogen) atoms. The van der Waals surface area contributed by atoms with Crippen molar-refractivity contribution in [1.29, 1.82) is 0 Å². The zero-order valence-corrected chi connectivity index (χ0v) is 19.3. The van der Waals surface area contributed by atoms with Crippen molar-refractivity contribution < 1.29 is 14.5 Å². The van der Waals surface area contributed by atoms with Gasteiger partial charge in [0, 0.05) is 30.4 Å². The zero-order chi connectivity index (χ0) is 23.3. The Kier molecular flexibility index (Phi) is 7.28. The minimum atomic E-state index is -0.643. The van der Waals surface area contributed by atoms with Gasteiger partial charge in [0.25, 0.3) is 5.69 Å². The van der Waals surface area contributed by atoms with Crippen molar-refractivity contribution in [2.75, 3.05) is 25.0 Å².